The second-order valence-corrected chi connectivity index (χ2v) is 17.0. The van der Waals surface area contributed by atoms with Gasteiger partial charge in [0, 0.05) is 38.8 Å². The van der Waals surface area contributed by atoms with E-state index in [-0.39, 0.29) is 25.0 Å². The van der Waals surface area contributed by atoms with Crippen LogP contribution in [0.1, 0.15) is 54.6 Å². The lowest BCUT2D eigenvalue weighted by atomic mass is 10.0. The van der Waals surface area contributed by atoms with Gasteiger partial charge in [0.25, 0.3) is 11.8 Å². The highest BCUT2D eigenvalue weighted by Crippen LogP contribution is 2.25. The fourth-order valence-corrected chi connectivity index (χ4v) is 8.17. The van der Waals surface area contributed by atoms with Crippen molar-refractivity contribution in [3.05, 3.63) is 83.4 Å². The van der Waals surface area contributed by atoms with Crippen LogP contribution in [0.15, 0.2) is 60.9 Å². The number of carbonyl (C=O) groups is 2. The molecule has 2 amide bonds. The molecule has 18 nitrogen and oxygen atoms in total. The van der Waals surface area contributed by atoms with Crippen molar-refractivity contribution in [2.24, 2.45) is 0 Å². The molecule has 7 heterocycles. The summed E-state index contributed by atoms with van der Waals surface area (Å²) in [7, 11) is 2.13. The van der Waals surface area contributed by atoms with Gasteiger partial charge in [-0.3, -0.25) is 9.59 Å². The number of amides is 2. The Morgan fingerprint density at radius 1 is 0.569 bits per heavy atom. The predicted molar refractivity (Wildman–Crippen MR) is 251 cm³/mol. The minimum absolute atomic E-state index is 0.107. The second-order valence-electron chi connectivity index (χ2n) is 17.0. The lowest BCUT2D eigenvalue weighted by molar-refractivity contribution is -0.118. The lowest BCUT2D eigenvalue weighted by Gasteiger charge is -2.36. The molecule has 0 unspecified atom stereocenters. The van der Waals surface area contributed by atoms with Crippen LogP contribution < -0.4 is 29.9 Å². The summed E-state index contributed by atoms with van der Waals surface area (Å²) in [6, 6.07) is 15.8. The van der Waals surface area contributed by atoms with Gasteiger partial charge in [0.1, 0.15) is 22.5 Å². The highest BCUT2D eigenvalue weighted by Gasteiger charge is 2.28. The van der Waals surface area contributed by atoms with Gasteiger partial charge in [-0.2, -0.15) is 9.97 Å². The van der Waals surface area contributed by atoms with Crippen LogP contribution in [0.4, 0.5) is 23.5 Å². The van der Waals surface area contributed by atoms with E-state index in [1.54, 1.807) is 0 Å². The maximum atomic E-state index is 12.3. The van der Waals surface area contributed by atoms with Gasteiger partial charge < -0.3 is 39.7 Å². The summed E-state index contributed by atoms with van der Waals surface area (Å²) in [6.45, 7) is 15.8. The Balaban J connectivity index is 0.000000178. The number of hydrogen-bond donors (Lipinski definition) is 2. The number of aryl methyl sites for hydroxylation is 4. The van der Waals surface area contributed by atoms with Crippen LogP contribution in [-0.4, -0.2) is 140 Å². The van der Waals surface area contributed by atoms with E-state index in [4.69, 9.17) is 14.5 Å². The molecule has 2 aromatic carbocycles. The lowest BCUT2D eigenvalue weighted by Crippen LogP contribution is -2.44. The fourth-order valence-electron chi connectivity index (χ4n) is 8.17. The quantitative estimate of drug-likeness (QED) is 0.170. The Morgan fingerprint density at radius 3 is 1.54 bits per heavy atom. The van der Waals surface area contributed by atoms with E-state index in [0.717, 1.165) is 81.0 Å². The average Bonchev–Trinajstić information content (AvgIpc) is 3.77. The van der Waals surface area contributed by atoms with Crippen LogP contribution in [0.3, 0.4) is 0 Å². The number of ether oxygens (including phenoxy) is 2. The predicted octanol–water partition coefficient (Wildman–Crippen LogP) is 5.31. The molecule has 0 aliphatic carbocycles. The molecule has 3 aliphatic heterocycles. The van der Waals surface area contributed by atoms with Crippen LogP contribution in [-0.2, 0) is 9.59 Å². The number of hydrogen-bond acceptors (Lipinski definition) is 16. The number of rotatable bonds is 11. The first-order chi connectivity index (χ1) is 31.5. The van der Waals surface area contributed by atoms with Gasteiger partial charge in [-0.05, 0) is 111 Å². The number of benzene rings is 2. The van der Waals surface area contributed by atoms with Crippen molar-refractivity contribution in [3.8, 4) is 11.5 Å². The molecular formula is C47H58N14O4. The number of anilines is 4. The summed E-state index contributed by atoms with van der Waals surface area (Å²) in [5.41, 5.74) is 5.98. The number of nitrogens with zero attached hydrogens (tertiary/aromatic N) is 12. The number of nitrogens with one attached hydrogen (secondary N) is 2. The van der Waals surface area contributed by atoms with E-state index in [1.165, 1.54) is 38.3 Å². The standard InChI is InChI=1S/C25H31N7O2.C22H27N7O2/c1-17-5-7-20(8-6-17)34-16-22(33)28-21-15-26-24-23(29-21)18(2)27-25(30-24)32-13-9-19(10-14-32)31-11-3-4-12-31;1-15-5-7-17(8-6-15)31-14-19(30)25-18-13-23-21-20(26-18)16(2)24-22(27-21)29-10-4-9-28(3)11-12-29/h5-8,15,19H,3-4,9-14,16H2,1-2H3,(H,28,29,33);5-8,13H,4,9-12,14H2,1-3H3,(H,25,26,30). The van der Waals surface area contributed by atoms with Crippen molar-refractivity contribution in [1.29, 1.82) is 0 Å². The first-order valence-electron chi connectivity index (χ1n) is 22.5. The summed E-state index contributed by atoms with van der Waals surface area (Å²) in [5.74, 6) is 2.77. The molecule has 9 rings (SSSR count). The SMILES string of the molecule is Cc1ccc(OCC(=O)Nc2cnc3nc(N4CCC(N5CCCC5)CC4)nc(C)c3n2)cc1.Cc1ccc(OCC(=O)Nc2cnc3nc(N4CCCN(C)CC4)nc(C)c3n2)cc1. The molecule has 2 N–H and O–H groups in total. The zero-order valence-corrected chi connectivity index (χ0v) is 38.0. The minimum atomic E-state index is -0.307. The molecule has 18 heteroatoms. The first kappa shape index (κ1) is 44.9. The number of carbonyl (C=O) groups excluding carboxylic acids is 2. The molecule has 3 saturated heterocycles. The maximum absolute atomic E-state index is 12.3. The highest BCUT2D eigenvalue weighted by atomic mass is 16.5. The number of likely N-dealkylation sites (tertiary alicyclic amines) is 1. The molecule has 0 spiro atoms. The van der Waals surface area contributed by atoms with Crippen molar-refractivity contribution in [3.63, 3.8) is 0 Å². The number of fused-ring (bicyclic) bond motifs is 2. The molecule has 4 aromatic heterocycles. The van der Waals surface area contributed by atoms with Crippen molar-refractivity contribution in [2.75, 3.05) is 93.1 Å². The molecule has 0 bridgehead atoms. The van der Waals surface area contributed by atoms with Crippen LogP contribution in [0.2, 0.25) is 0 Å². The van der Waals surface area contributed by atoms with Crippen LogP contribution in [0, 0.1) is 27.7 Å². The van der Waals surface area contributed by atoms with Gasteiger partial charge in [-0.25, -0.2) is 29.9 Å². The second kappa shape index (κ2) is 20.9. The molecular weight excluding hydrogens is 825 g/mol. The van der Waals surface area contributed by atoms with E-state index in [1.807, 2.05) is 76.2 Å². The first-order valence-corrected chi connectivity index (χ1v) is 22.5. The zero-order chi connectivity index (χ0) is 45.3. The average molecular weight is 883 g/mol. The molecule has 0 radical (unpaired) electrons. The van der Waals surface area contributed by atoms with Crippen molar-refractivity contribution >= 4 is 57.7 Å². The summed E-state index contributed by atoms with van der Waals surface area (Å²) >= 11 is 0. The summed E-state index contributed by atoms with van der Waals surface area (Å²) < 4.78 is 11.0. The summed E-state index contributed by atoms with van der Waals surface area (Å²) in [5, 5.41) is 5.47. The van der Waals surface area contributed by atoms with Gasteiger partial charge in [-0.15, -0.1) is 0 Å². The Hall–Kier alpha value is -6.66. The third kappa shape index (κ3) is 11.9. The van der Waals surface area contributed by atoms with Crippen molar-refractivity contribution < 1.29 is 19.1 Å². The van der Waals surface area contributed by atoms with E-state index in [9.17, 15) is 9.59 Å². The molecule has 6 aromatic rings. The maximum Gasteiger partial charge on any atom is 0.263 e. The Labute approximate surface area is 379 Å². The van der Waals surface area contributed by atoms with Crippen LogP contribution in [0.5, 0.6) is 11.5 Å². The van der Waals surface area contributed by atoms with Gasteiger partial charge >= 0.3 is 0 Å². The molecule has 3 fully saturated rings. The van der Waals surface area contributed by atoms with Gasteiger partial charge in [0.05, 0.1) is 23.8 Å². The number of likely N-dealkylation sites (N-methyl/N-ethyl adjacent to an activating group) is 1. The molecule has 0 atom stereocenters. The van der Waals surface area contributed by atoms with Gasteiger partial charge in [-0.1, -0.05) is 35.4 Å². The monoisotopic (exact) mass is 882 g/mol. The third-order valence-corrected chi connectivity index (χ3v) is 11.9. The molecule has 0 saturated carbocycles. The molecule has 65 heavy (non-hydrogen) atoms. The van der Waals surface area contributed by atoms with Crippen molar-refractivity contribution in [1.82, 2.24) is 49.7 Å². The smallest absolute Gasteiger partial charge is 0.263 e. The molecule has 340 valence electrons. The van der Waals surface area contributed by atoms with Crippen LogP contribution >= 0.6 is 0 Å². The minimum Gasteiger partial charge on any atom is -0.484 e. The summed E-state index contributed by atoms with van der Waals surface area (Å²) in [6.07, 6.45) is 9.05. The third-order valence-electron chi connectivity index (χ3n) is 11.9. The zero-order valence-electron chi connectivity index (χ0n) is 38.0. The van der Waals surface area contributed by atoms with E-state index < -0.39 is 0 Å². The van der Waals surface area contributed by atoms with Gasteiger partial charge in [0.15, 0.2) is 36.1 Å². The topological polar surface area (TPSA) is 193 Å². The van der Waals surface area contributed by atoms with Crippen molar-refractivity contribution in [2.45, 2.75) is 65.8 Å². The Morgan fingerprint density at radius 2 is 1.05 bits per heavy atom. The number of aromatic nitrogens is 8. The Bertz CT molecular complexity index is 2580. The Kier molecular flexibility index (Phi) is 14.4. The summed E-state index contributed by atoms with van der Waals surface area (Å²) in [4.78, 5) is 70.5. The largest absolute Gasteiger partial charge is 0.484 e. The van der Waals surface area contributed by atoms with Crippen LogP contribution in [0.25, 0.3) is 22.3 Å². The molecule has 3 aliphatic rings. The highest BCUT2D eigenvalue weighted by molar-refractivity contribution is 5.92. The number of piperidine rings is 1. The normalized spacial score (nSPS) is 16.2. The fraction of sp³-hybridized carbons (Fsp3) is 0.447. The van der Waals surface area contributed by atoms with E-state index in [2.05, 4.69) is 72.2 Å². The van der Waals surface area contributed by atoms with E-state index in [0.29, 0.717) is 63.4 Å². The van der Waals surface area contributed by atoms with Gasteiger partial charge in [0.2, 0.25) is 11.9 Å². The van der Waals surface area contributed by atoms with E-state index >= 15 is 0 Å².